The summed E-state index contributed by atoms with van der Waals surface area (Å²) < 4.78 is 0. The monoisotopic (exact) mass is 376 g/mol. The number of fused-ring (bicyclic) bond motifs is 1. The minimum absolute atomic E-state index is 0.0992. The van der Waals surface area contributed by atoms with Crippen LogP contribution in [0.1, 0.15) is 40.5 Å². The molecule has 1 N–H and O–H groups in total. The summed E-state index contributed by atoms with van der Waals surface area (Å²) in [5.41, 5.74) is 2.09. The first-order chi connectivity index (χ1) is 13.2. The predicted octanol–water partition coefficient (Wildman–Crippen LogP) is 3.83. The van der Waals surface area contributed by atoms with Crippen LogP contribution in [-0.2, 0) is 0 Å². The number of nitrogens with zero attached hydrogens (tertiary/aromatic N) is 5. The molecule has 1 aliphatic heterocycles. The van der Waals surface area contributed by atoms with Crippen molar-refractivity contribution in [3.8, 4) is 11.3 Å². The van der Waals surface area contributed by atoms with Gasteiger partial charge < -0.3 is 10.2 Å². The molecule has 0 bridgehead atoms. The largest absolute Gasteiger partial charge is 0.355 e. The maximum absolute atomic E-state index is 4.53. The summed E-state index contributed by atoms with van der Waals surface area (Å²) in [6.45, 7) is 9.09. The molecular formula is C22H28N6. The Kier molecular flexibility index (Phi) is 4.54. The molecule has 0 atom stereocenters. The van der Waals surface area contributed by atoms with Crippen LogP contribution >= 0.6 is 0 Å². The van der Waals surface area contributed by atoms with Crippen molar-refractivity contribution in [2.24, 2.45) is 0 Å². The minimum Gasteiger partial charge on any atom is -0.355 e. The first kappa shape index (κ1) is 18.7. The van der Waals surface area contributed by atoms with Crippen LogP contribution in [0, 0.1) is 0 Å². The fourth-order valence-electron chi connectivity index (χ4n) is 4.55. The third kappa shape index (κ3) is 3.83. The molecule has 1 aromatic carbocycles. The van der Waals surface area contributed by atoms with Crippen molar-refractivity contribution in [2.75, 3.05) is 11.9 Å². The molecule has 0 saturated carbocycles. The highest BCUT2D eigenvalue weighted by molar-refractivity contribution is 5.85. The molecule has 28 heavy (non-hydrogen) atoms. The highest BCUT2D eigenvalue weighted by Gasteiger charge is 2.39. The maximum atomic E-state index is 4.53. The van der Waals surface area contributed by atoms with Gasteiger partial charge in [0.05, 0.1) is 18.1 Å². The molecule has 1 aliphatic rings. The normalized spacial score (nSPS) is 18.9. The lowest BCUT2D eigenvalue weighted by molar-refractivity contribution is 0.160. The van der Waals surface area contributed by atoms with Gasteiger partial charge in [0.2, 0.25) is 0 Å². The van der Waals surface area contributed by atoms with Gasteiger partial charge in [-0.3, -0.25) is 0 Å². The Bertz CT molecular complexity index is 964. The first-order valence-electron chi connectivity index (χ1n) is 9.79. The Hall–Kier alpha value is -2.60. The lowest BCUT2D eigenvalue weighted by Crippen LogP contribution is -2.62. The molecule has 1 fully saturated rings. The zero-order valence-electron chi connectivity index (χ0n) is 17.3. The number of benzene rings is 1. The van der Waals surface area contributed by atoms with Gasteiger partial charge in [-0.1, -0.05) is 12.1 Å². The maximum Gasteiger partial charge on any atom is 0.151 e. The summed E-state index contributed by atoms with van der Waals surface area (Å²) in [5.74, 6) is 0.911. The Morgan fingerprint density at radius 1 is 0.893 bits per heavy atom. The van der Waals surface area contributed by atoms with Crippen molar-refractivity contribution in [2.45, 2.75) is 57.7 Å². The van der Waals surface area contributed by atoms with Crippen LogP contribution in [0.15, 0.2) is 42.7 Å². The van der Waals surface area contributed by atoms with E-state index in [1.54, 1.807) is 12.4 Å². The van der Waals surface area contributed by atoms with Gasteiger partial charge in [0.25, 0.3) is 0 Å². The smallest absolute Gasteiger partial charge is 0.151 e. The Balaban J connectivity index is 1.57. The number of anilines is 1. The van der Waals surface area contributed by atoms with Gasteiger partial charge in [-0.05, 0) is 58.7 Å². The van der Waals surface area contributed by atoms with Crippen molar-refractivity contribution >= 4 is 16.6 Å². The van der Waals surface area contributed by atoms with E-state index in [2.05, 4.69) is 83.6 Å². The number of hydrogen-bond donors (Lipinski definition) is 1. The molecule has 1 saturated heterocycles. The van der Waals surface area contributed by atoms with E-state index in [1.807, 2.05) is 12.1 Å². The van der Waals surface area contributed by atoms with Crippen molar-refractivity contribution in [1.29, 1.82) is 0 Å². The van der Waals surface area contributed by atoms with Crippen molar-refractivity contribution in [3.63, 3.8) is 0 Å². The average Bonchev–Trinajstić information content (AvgIpc) is 2.65. The lowest BCUT2D eigenvalue weighted by atomic mass is 9.79. The molecule has 3 aromatic rings. The highest BCUT2D eigenvalue weighted by atomic mass is 15.3. The zero-order chi connectivity index (χ0) is 19.9. The van der Waals surface area contributed by atoms with Crippen LogP contribution in [-0.4, -0.2) is 44.6 Å². The molecular weight excluding hydrogens is 348 g/mol. The van der Waals surface area contributed by atoms with E-state index in [4.69, 9.17) is 0 Å². The predicted molar refractivity (Wildman–Crippen MR) is 113 cm³/mol. The number of piperidine rings is 1. The average molecular weight is 377 g/mol. The minimum atomic E-state index is 0.0992. The SMILES string of the molecule is CN(c1ccc(-c2ccc3cnncc3c2)nn1)C1CC(C)(C)NC(C)(C)C1. The Labute approximate surface area is 166 Å². The molecule has 0 spiro atoms. The molecule has 4 rings (SSSR count). The third-order valence-electron chi connectivity index (χ3n) is 5.57. The van der Waals surface area contributed by atoms with Gasteiger partial charge in [0.15, 0.2) is 5.82 Å². The summed E-state index contributed by atoms with van der Waals surface area (Å²) in [4.78, 5) is 2.27. The number of hydrogen-bond acceptors (Lipinski definition) is 6. The molecule has 0 aliphatic carbocycles. The molecule has 0 radical (unpaired) electrons. The standard InChI is InChI=1S/C22H28N6/c1-21(2)11-18(12-22(3,4)27-21)28(5)20-9-8-19(25-26-20)15-6-7-16-13-23-24-14-17(16)10-15/h6-10,13-14,18,27H,11-12H2,1-5H3. The quantitative estimate of drug-likeness (QED) is 0.749. The summed E-state index contributed by atoms with van der Waals surface area (Å²) in [7, 11) is 2.13. The van der Waals surface area contributed by atoms with E-state index in [0.29, 0.717) is 6.04 Å². The molecule has 0 amide bonds. The molecule has 0 unspecified atom stereocenters. The Morgan fingerprint density at radius 2 is 1.57 bits per heavy atom. The molecule has 6 nitrogen and oxygen atoms in total. The number of rotatable bonds is 3. The van der Waals surface area contributed by atoms with Crippen molar-refractivity contribution < 1.29 is 0 Å². The Morgan fingerprint density at radius 3 is 2.21 bits per heavy atom. The van der Waals surface area contributed by atoms with Crippen LogP contribution in [0.2, 0.25) is 0 Å². The van der Waals surface area contributed by atoms with E-state index in [1.165, 1.54) is 0 Å². The second kappa shape index (κ2) is 6.78. The van der Waals surface area contributed by atoms with E-state index in [0.717, 1.165) is 40.7 Å². The van der Waals surface area contributed by atoms with Gasteiger partial charge in [-0.25, -0.2) is 0 Å². The van der Waals surface area contributed by atoms with Crippen LogP contribution in [0.4, 0.5) is 5.82 Å². The molecule has 146 valence electrons. The van der Waals surface area contributed by atoms with Gasteiger partial charge >= 0.3 is 0 Å². The van der Waals surface area contributed by atoms with E-state index in [9.17, 15) is 0 Å². The first-order valence-corrected chi connectivity index (χ1v) is 9.79. The van der Waals surface area contributed by atoms with E-state index in [-0.39, 0.29) is 11.1 Å². The summed E-state index contributed by atoms with van der Waals surface area (Å²) in [6, 6.07) is 10.7. The summed E-state index contributed by atoms with van der Waals surface area (Å²) in [6.07, 6.45) is 5.68. The molecule has 3 heterocycles. The third-order valence-corrected chi connectivity index (χ3v) is 5.57. The zero-order valence-corrected chi connectivity index (χ0v) is 17.3. The van der Waals surface area contributed by atoms with Crippen LogP contribution in [0.3, 0.4) is 0 Å². The topological polar surface area (TPSA) is 66.8 Å². The summed E-state index contributed by atoms with van der Waals surface area (Å²) in [5, 5.41) is 22.8. The van der Waals surface area contributed by atoms with Crippen LogP contribution in [0.5, 0.6) is 0 Å². The van der Waals surface area contributed by atoms with Gasteiger partial charge in [-0.15, -0.1) is 10.2 Å². The van der Waals surface area contributed by atoms with Gasteiger partial charge in [-0.2, -0.15) is 10.2 Å². The van der Waals surface area contributed by atoms with Crippen LogP contribution in [0.25, 0.3) is 22.0 Å². The second-order valence-electron chi connectivity index (χ2n) is 9.18. The van der Waals surface area contributed by atoms with Gasteiger partial charge in [0, 0.05) is 40.5 Å². The number of nitrogens with one attached hydrogen (secondary N) is 1. The number of aromatic nitrogens is 4. The fraction of sp³-hybridized carbons (Fsp3) is 0.455. The van der Waals surface area contributed by atoms with Crippen molar-refractivity contribution in [3.05, 3.63) is 42.7 Å². The lowest BCUT2D eigenvalue weighted by Gasteiger charge is -2.49. The van der Waals surface area contributed by atoms with Gasteiger partial charge in [0.1, 0.15) is 0 Å². The summed E-state index contributed by atoms with van der Waals surface area (Å²) >= 11 is 0. The fourth-order valence-corrected chi connectivity index (χ4v) is 4.55. The van der Waals surface area contributed by atoms with Crippen molar-refractivity contribution in [1.82, 2.24) is 25.7 Å². The second-order valence-corrected chi connectivity index (χ2v) is 9.18. The highest BCUT2D eigenvalue weighted by Crippen LogP contribution is 2.32. The van der Waals surface area contributed by atoms with E-state index < -0.39 is 0 Å². The molecule has 6 heteroatoms. The van der Waals surface area contributed by atoms with E-state index >= 15 is 0 Å². The molecule has 2 aromatic heterocycles. The van der Waals surface area contributed by atoms with Crippen LogP contribution < -0.4 is 10.2 Å².